The van der Waals surface area contributed by atoms with Gasteiger partial charge in [0.25, 0.3) is 6.43 Å². The van der Waals surface area contributed by atoms with Gasteiger partial charge in [0.1, 0.15) is 35.4 Å². The summed E-state index contributed by atoms with van der Waals surface area (Å²) in [7, 11) is -2.52. The topological polar surface area (TPSA) is 177 Å². The van der Waals surface area contributed by atoms with Crippen LogP contribution in [0.2, 0.25) is 0 Å². The number of nitrogens with zero attached hydrogens (tertiary/aromatic N) is 4. The zero-order valence-electron chi connectivity index (χ0n) is 35.6. The minimum Gasteiger partial charge on any atom is -0.487 e. The molecule has 4 aromatic rings. The lowest BCUT2D eigenvalue weighted by Crippen LogP contribution is -2.44. The molecule has 1 aromatic heterocycles. The maximum Gasteiger partial charge on any atom is 0.425 e. The van der Waals surface area contributed by atoms with E-state index in [2.05, 4.69) is 15.6 Å². The molecule has 0 spiro atoms. The van der Waals surface area contributed by atoms with Crippen molar-refractivity contribution >= 4 is 61.9 Å². The molecule has 1 aliphatic heterocycles. The number of anilines is 3. The molecule has 2 heterocycles. The number of hydrogen-bond donors (Lipinski definition) is 2. The number of hydrogen-bond acceptors (Lipinski definition) is 11. The number of carbonyl (C=O) groups excluding carboxylic acids is 4. The number of amides is 5. The summed E-state index contributed by atoms with van der Waals surface area (Å²) in [5.74, 6) is -5.82. The number of likely N-dealkylation sites (N-methyl/N-ethyl adjacent to an activating group) is 2. The highest BCUT2D eigenvalue weighted by molar-refractivity contribution is 7.91. The van der Waals surface area contributed by atoms with E-state index in [1.807, 2.05) is 0 Å². The lowest BCUT2D eigenvalue weighted by molar-refractivity contribution is -0.131. The fraction of sp³-hybridized carbons (Fsp3) is 0.405. The molecular weight excluding hydrogens is 860 g/mol. The highest BCUT2D eigenvalue weighted by atomic mass is 32.2. The zero-order valence-corrected chi connectivity index (χ0v) is 36.4. The summed E-state index contributed by atoms with van der Waals surface area (Å²) in [6, 6.07) is 9.27. The third kappa shape index (κ3) is 11.6. The van der Waals surface area contributed by atoms with Crippen molar-refractivity contribution in [3.63, 3.8) is 0 Å². The van der Waals surface area contributed by atoms with Gasteiger partial charge in [-0.1, -0.05) is 6.07 Å². The molecular formula is C42H47F5N6O9S. The Kier molecular flexibility index (Phi) is 14.1. The van der Waals surface area contributed by atoms with E-state index in [1.54, 1.807) is 41.5 Å². The molecule has 3 aromatic carbocycles. The normalized spacial score (nSPS) is 15.4. The Morgan fingerprint density at radius 2 is 1.54 bits per heavy atom. The van der Waals surface area contributed by atoms with Crippen LogP contribution in [0.5, 0.6) is 5.75 Å². The number of carbonyl (C=O) groups is 4. The minimum absolute atomic E-state index is 0.0194. The van der Waals surface area contributed by atoms with Crippen LogP contribution < -0.4 is 20.3 Å². The lowest BCUT2D eigenvalue weighted by Gasteiger charge is -2.29. The van der Waals surface area contributed by atoms with E-state index in [0.717, 1.165) is 29.3 Å². The summed E-state index contributed by atoms with van der Waals surface area (Å²) in [4.78, 5) is 60.8. The highest BCUT2D eigenvalue weighted by Crippen LogP contribution is 2.35. The van der Waals surface area contributed by atoms with Gasteiger partial charge >= 0.3 is 24.0 Å². The first-order valence-corrected chi connectivity index (χ1v) is 20.9. The summed E-state index contributed by atoms with van der Waals surface area (Å²) in [6.45, 7) is 7.86. The summed E-state index contributed by atoms with van der Waals surface area (Å²) in [6.07, 6.45) is -4.38. The number of nitrogens with one attached hydrogen (secondary N) is 2. The van der Waals surface area contributed by atoms with Gasteiger partial charge in [-0.05, 0) is 113 Å². The van der Waals surface area contributed by atoms with Crippen LogP contribution in [-0.2, 0) is 37.1 Å². The fourth-order valence-corrected chi connectivity index (χ4v) is 7.30. The second-order valence-electron chi connectivity index (χ2n) is 16.6. The summed E-state index contributed by atoms with van der Waals surface area (Å²) in [5.41, 5.74) is -1.81. The SMILES string of the molecule is CN1CCc2cc(ccc2OCC(F)F)C(Nc2ccc3c(N(C(=O)OC(C)(C)C)C(=O)OC(C)(C)C)ncc(F)c3c2)C(=O)N(C)Cc2cc(ccc2S(=O)(=O)C(F)F)NC1=O. The molecule has 2 N–H and O–H groups in total. The number of fused-ring (bicyclic) bond motifs is 5. The minimum atomic E-state index is -5.22. The third-order valence-corrected chi connectivity index (χ3v) is 10.7. The van der Waals surface area contributed by atoms with Crippen LogP contribution >= 0.6 is 0 Å². The molecule has 0 saturated heterocycles. The first kappa shape index (κ1) is 47.8. The molecule has 21 heteroatoms. The molecule has 63 heavy (non-hydrogen) atoms. The van der Waals surface area contributed by atoms with E-state index >= 15 is 4.39 Å². The van der Waals surface area contributed by atoms with E-state index in [1.165, 1.54) is 55.4 Å². The van der Waals surface area contributed by atoms with Crippen molar-refractivity contribution in [1.29, 1.82) is 0 Å². The van der Waals surface area contributed by atoms with Gasteiger partial charge < -0.3 is 34.6 Å². The second kappa shape index (κ2) is 18.6. The molecule has 340 valence electrons. The molecule has 5 rings (SSSR count). The Bertz CT molecular complexity index is 2490. The van der Waals surface area contributed by atoms with Crippen LogP contribution in [0.3, 0.4) is 0 Å². The molecule has 0 aliphatic carbocycles. The van der Waals surface area contributed by atoms with Crippen molar-refractivity contribution in [2.24, 2.45) is 0 Å². The predicted octanol–water partition coefficient (Wildman–Crippen LogP) is 8.52. The first-order chi connectivity index (χ1) is 29.2. The summed E-state index contributed by atoms with van der Waals surface area (Å²) >= 11 is 0. The number of urea groups is 1. The largest absolute Gasteiger partial charge is 0.487 e. The van der Waals surface area contributed by atoms with E-state index < -0.39 is 87.3 Å². The Hall–Kier alpha value is -6.25. The van der Waals surface area contributed by atoms with Gasteiger partial charge in [-0.3, -0.25) is 4.79 Å². The van der Waals surface area contributed by atoms with Crippen LogP contribution in [0.15, 0.2) is 65.7 Å². The molecule has 1 aliphatic rings. The number of rotatable bonds is 8. The fourth-order valence-electron chi connectivity index (χ4n) is 6.36. The van der Waals surface area contributed by atoms with E-state index in [9.17, 15) is 45.2 Å². The second-order valence-corrected chi connectivity index (χ2v) is 18.4. The number of aromatic nitrogens is 1. The number of benzene rings is 3. The molecule has 4 bridgehead atoms. The van der Waals surface area contributed by atoms with Crippen molar-refractivity contribution in [2.45, 2.75) is 88.8 Å². The van der Waals surface area contributed by atoms with Crippen molar-refractivity contribution in [3.8, 4) is 5.75 Å². The van der Waals surface area contributed by atoms with E-state index in [4.69, 9.17) is 14.2 Å². The smallest absolute Gasteiger partial charge is 0.425 e. The van der Waals surface area contributed by atoms with Crippen LogP contribution in [0.1, 0.15) is 64.3 Å². The molecule has 15 nitrogen and oxygen atoms in total. The van der Waals surface area contributed by atoms with Crippen LogP contribution in [-0.4, -0.2) is 98.0 Å². The number of sulfone groups is 1. The van der Waals surface area contributed by atoms with Gasteiger partial charge in [-0.15, -0.1) is 0 Å². The molecule has 0 fully saturated rings. The highest BCUT2D eigenvalue weighted by Gasteiger charge is 2.36. The van der Waals surface area contributed by atoms with Gasteiger partial charge in [0.2, 0.25) is 15.7 Å². The van der Waals surface area contributed by atoms with Crippen molar-refractivity contribution < 1.29 is 63.8 Å². The molecule has 1 unspecified atom stereocenters. The Morgan fingerprint density at radius 1 is 0.889 bits per heavy atom. The summed E-state index contributed by atoms with van der Waals surface area (Å²) in [5, 5.41) is 5.38. The van der Waals surface area contributed by atoms with Crippen LogP contribution in [0.4, 0.5) is 53.5 Å². The van der Waals surface area contributed by atoms with Gasteiger partial charge in [0.05, 0.1) is 11.1 Å². The monoisotopic (exact) mass is 906 g/mol. The molecule has 0 radical (unpaired) electrons. The number of ether oxygens (including phenoxy) is 3. The van der Waals surface area contributed by atoms with E-state index in [-0.39, 0.29) is 57.8 Å². The molecule has 1 atom stereocenters. The predicted molar refractivity (Wildman–Crippen MR) is 222 cm³/mol. The van der Waals surface area contributed by atoms with Crippen LogP contribution in [0.25, 0.3) is 10.8 Å². The Balaban J connectivity index is 1.66. The average Bonchev–Trinajstić information content (AvgIpc) is 3.17. The van der Waals surface area contributed by atoms with Crippen molar-refractivity contribution in [3.05, 3.63) is 83.3 Å². The third-order valence-electron chi connectivity index (χ3n) is 9.22. The number of pyridine rings is 1. The maximum absolute atomic E-state index is 15.8. The zero-order chi connectivity index (χ0) is 46.8. The molecule has 0 saturated carbocycles. The number of alkyl halides is 4. The summed E-state index contributed by atoms with van der Waals surface area (Å²) < 4.78 is 112. The standard InChI is InChI=1S/C42H47F5N6O9S/c1-41(2,3)61-39(56)53(40(57)62-42(4,5)6)35-28-12-10-27(19-29(28)30(43)20-48-35)49-34-24-9-13-31(60-22-33(44)45)23(17-24)15-16-51(7)38(55)50-26-11-14-32(63(58,59)37(46)47)25(18-26)21-52(8)36(34)54/h9-14,17-20,33-34,37,49H,15-16,21-22H2,1-8H3,(H,50,55). The molecule has 5 amide bonds. The van der Waals surface area contributed by atoms with Gasteiger partial charge in [0, 0.05) is 49.3 Å². The average molecular weight is 907 g/mol. The van der Waals surface area contributed by atoms with Crippen molar-refractivity contribution in [1.82, 2.24) is 14.8 Å². The number of halogens is 5. The Morgan fingerprint density at radius 3 is 2.14 bits per heavy atom. The maximum atomic E-state index is 15.8. The van der Waals surface area contributed by atoms with Crippen LogP contribution in [0, 0.1) is 5.82 Å². The lowest BCUT2D eigenvalue weighted by atomic mass is 9.99. The Labute approximate surface area is 360 Å². The van der Waals surface area contributed by atoms with Gasteiger partial charge in [0.15, 0.2) is 5.82 Å². The van der Waals surface area contributed by atoms with Gasteiger partial charge in [-0.25, -0.2) is 41.0 Å². The quantitative estimate of drug-likeness (QED) is 0.162. The van der Waals surface area contributed by atoms with Crippen molar-refractivity contribution in [2.75, 3.05) is 42.8 Å². The number of imide groups is 1. The first-order valence-electron chi connectivity index (χ1n) is 19.3. The van der Waals surface area contributed by atoms with E-state index in [0.29, 0.717) is 10.5 Å². The van der Waals surface area contributed by atoms with Gasteiger partial charge in [-0.2, -0.15) is 13.7 Å².